The van der Waals surface area contributed by atoms with E-state index in [-0.39, 0.29) is 0 Å². The van der Waals surface area contributed by atoms with E-state index in [0.717, 1.165) is 0 Å². The maximum absolute atomic E-state index is 3.86. The van der Waals surface area contributed by atoms with E-state index in [2.05, 4.69) is 25.4 Å². The lowest BCUT2D eigenvalue weighted by Gasteiger charge is -2.02. The average molecular weight is 137 g/mol. The van der Waals surface area contributed by atoms with Gasteiger partial charge in [-0.15, -0.1) is 0 Å². The largest absolute Gasteiger partial charge is 0.297 e. The van der Waals surface area contributed by atoms with Gasteiger partial charge in [0.25, 0.3) is 0 Å². The minimum absolute atomic E-state index is 0.537. The molecule has 0 bridgehead atoms. The molecule has 0 saturated heterocycles. The van der Waals surface area contributed by atoms with Gasteiger partial charge in [-0.2, -0.15) is 0 Å². The summed E-state index contributed by atoms with van der Waals surface area (Å²) in [6.45, 7) is 7.98. The first-order chi connectivity index (χ1) is 4.72. The second-order valence-electron chi connectivity index (χ2n) is 2.43. The summed E-state index contributed by atoms with van der Waals surface area (Å²) < 4.78 is 0. The van der Waals surface area contributed by atoms with Gasteiger partial charge in [-0.1, -0.05) is 26.5 Å². The van der Waals surface area contributed by atoms with Gasteiger partial charge in [-0.05, 0) is 17.6 Å². The molecule has 0 aliphatic rings. The summed E-state index contributed by atoms with van der Waals surface area (Å²) in [5.41, 5.74) is 1.23. The van der Waals surface area contributed by atoms with Crippen molar-refractivity contribution >= 4 is 6.21 Å². The van der Waals surface area contributed by atoms with Gasteiger partial charge >= 0.3 is 0 Å². The van der Waals surface area contributed by atoms with Crippen molar-refractivity contribution in [2.24, 2.45) is 10.9 Å². The van der Waals surface area contributed by atoms with E-state index in [1.54, 1.807) is 13.3 Å². The smallest absolute Gasteiger partial charge is 0.0277 e. The van der Waals surface area contributed by atoms with E-state index in [1.807, 2.05) is 12.2 Å². The molecule has 0 aromatic carbocycles. The minimum Gasteiger partial charge on any atom is -0.297 e. The SMILES string of the molecule is C=C/C(=C\C=NC)C(C)C. The molecule has 1 nitrogen and oxygen atoms in total. The maximum atomic E-state index is 3.86. The van der Waals surface area contributed by atoms with Crippen LogP contribution in [0.4, 0.5) is 0 Å². The zero-order chi connectivity index (χ0) is 7.98. The van der Waals surface area contributed by atoms with Crippen LogP contribution in [0, 0.1) is 5.92 Å². The monoisotopic (exact) mass is 137 g/mol. The molecule has 56 valence electrons. The van der Waals surface area contributed by atoms with Crippen LogP contribution in [0.25, 0.3) is 0 Å². The van der Waals surface area contributed by atoms with E-state index in [9.17, 15) is 0 Å². The third-order valence-corrected chi connectivity index (χ3v) is 1.32. The molecule has 0 unspecified atom stereocenters. The molecule has 0 spiro atoms. The summed E-state index contributed by atoms with van der Waals surface area (Å²) in [4.78, 5) is 3.86. The summed E-state index contributed by atoms with van der Waals surface area (Å²) in [5.74, 6) is 0.537. The van der Waals surface area contributed by atoms with Crippen LogP contribution in [-0.2, 0) is 0 Å². The van der Waals surface area contributed by atoms with Gasteiger partial charge in [0.2, 0.25) is 0 Å². The molecule has 0 amide bonds. The Bertz CT molecular complexity index is 152. The molecule has 0 heterocycles. The van der Waals surface area contributed by atoms with Crippen LogP contribution in [0.5, 0.6) is 0 Å². The molecule has 0 aliphatic heterocycles. The Morgan fingerprint density at radius 3 is 2.40 bits per heavy atom. The standard InChI is InChI=1S/C9H15N/c1-5-9(8(2)3)6-7-10-4/h5-8H,1H2,2-4H3/b9-6+,10-7?. The Hall–Kier alpha value is -0.850. The first-order valence-corrected chi connectivity index (χ1v) is 3.47. The van der Waals surface area contributed by atoms with Gasteiger partial charge in [0, 0.05) is 13.3 Å². The Morgan fingerprint density at radius 2 is 2.10 bits per heavy atom. The van der Waals surface area contributed by atoms with Crippen LogP contribution in [0.3, 0.4) is 0 Å². The highest BCUT2D eigenvalue weighted by molar-refractivity contribution is 5.72. The topological polar surface area (TPSA) is 12.4 Å². The zero-order valence-corrected chi connectivity index (χ0v) is 6.96. The van der Waals surface area contributed by atoms with E-state index < -0.39 is 0 Å². The molecular formula is C9H15N. The number of aliphatic imine (C=N–C) groups is 1. The third-order valence-electron chi connectivity index (χ3n) is 1.32. The van der Waals surface area contributed by atoms with Crippen LogP contribution >= 0.6 is 0 Å². The molecule has 0 fully saturated rings. The van der Waals surface area contributed by atoms with Crippen molar-refractivity contribution < 1.29 is 0 Å². The summed E-state index contributed by atoms with van der Waals surface area (Å²) in [6, 6.07) is 0. The summed E-state index contributed by atoms with van der Waals surface area (Å²) in [6.07, 6.45) is 5.64. The van der Waals surface area contributed by atoms with Gasteiger partial charge in [0.15, 0.2) is 0 Å². The van der Waals surface area contributed by atoms with E-state index in [0.29, 0.717) is 5.92 Å². The van der Waals surface area contributed by atoms with Crippen molar-refractivity contribution in [1.29, 1.82) is 0 Å². The maximum Gasteiger partial charge on any atom is 0.0277 e. The Kier molecular flexibility index (Phi) is 4.55. The molecular weight excluding hydrogens is 122 g/mol. The van der Waals surface area contributed by atoms with E-state index in [1.165, 1.54) is 5.57 Å². The quantitative estimate of drug-likeness (QED) is 0.418. The van der Waals surface area contributed by atoms with Crippen molar-refractivity contribution in [2.45, 2.75) is 13.8 Å². The van der Waals surface area contributed by atoms with Crippen LogP contribution in [0.2, 0.25) is 0 Å². The Morgan fingerprint density at radius 1 is 1.50 bits per heavy atom. The highest BCUT2D eigenvalue weighted by atomic mass is 14.6. The summed E-state index contributed by atoms with van der Waals surface area (Å²) in [7, 11) is 1.76. The van der Waals surface area contributed by atoms with Crippen LogP contribution in [0.15, 0.2) is 29.3 Å². The van der Waals surface area contributed by atoms with Crippen molar-refractivity contribution in [2.75, 3.05) is 7.05 Å². The van der Waals surface area contributed by atoms with E-state index >= 15 is 0 Å². The van der Waals surface area contributed by atoms with Gasteiger partial charge in [0.1, 0.15) is 0 Å². The fraction of sp³-hybridized carbons (Fsp3) is 0.444. The van der Waals surface area contributed by atoms with Gasteiger partial charge < -0.3 is 0 Å². The minimum atomic E-state index is 0.537. The Labute approximate surface area is 63.2 Å². The molecule has 0 aliphatic carbocycles. The predicted octanol–water partition coefficient (Wildman–Crippen LogP) is 2.46. The molecule has 0 radical (unpaired) electrons. The average Bonchev–Trinajstić information content (AvgIpc) is 1.89. The lowest BCUT2D eigenvalue weighted by Crippen LogP contribution is -1.89. The van der Waals surface area contributed by atoms with Gasteiger partial charge in [-0.3, -0.25) is 4.99 Å². The lowest BCUT2D eigenvalue weighted by atomic mass is 10.0. The number of hydrogen-bond acceptors (Lipinski definition) is 1. The molecule has 0 saturated carbocycles. The normalized spacial score (nSPS) is 13.0. The second-order valence-corrected chi connectivity index (χ2v) is 2.43. The van der Waals surface area contributed by atoms with Gasteiger partial charge in [0.05, 0.1) is 0 Å². The molecule has 0 aromatic heterocycles. The lowest BCUT2D eigenvalue weighted by molar-refractivity contribution is 0.793. The molecule has 0 aromatic rings. The summed E-state index contributed by atoms with van der Waals surface area (Å²) >= 11 is 0. The summed E-state index contributed by atoms with van der Waals surface area (Å²) in [5, 5.41) is 0. The third kappa shape index (κ3) is 3.23. The molecule has 10 heavy (non-hydrogen) atoms. The fourth-order valence-electron chi connectivity index (χ4n) is 0.657. The molecule has 0 rings (SSSR count). The van der Waals surface area contributed by atoms with Crippen molar-refractivity contribution in [3.05, 3.63) is 24.3 Å². The van der Waals surface area contributed by atoms with Crippen molar-refractivity contribution in [3.63, 3.8) is 0 Å². The highest BCUT2D eigenvalue weighted by Crippen LogP contribution is 2.08. The van der Waals surface area contributed by atoms with E-state index in [4.69, 9.17) is 0 Å². The first-order valence-electron chi connectivity index (χ1n) is 3.47. The highest BCUT2D eigenvalue weighted by Gasteiger charge is 1.94. The fourth-order valence-corrected chi connectivity index (χ4v) is 0.657. The number of rotatable bonds is 3. The van der Waals surface area contributed by atoms with Crippen LogP contribution < -0.4 is 0 Å². The van der Waals surface area contributed by atoms with Crippen molar-refractivity contribution in [1.82, 2.24) is 0 Å². The van der Waals surface area contributed by atoms with Crippen molar-refractivity contribution in [3.8, 4) is 0 Å². The number of allylic oxidation sites excluding steroid dienone is 3. The molecule has 0 N–H and O–H groups in total. The molecule has 1 heteroatoms. The molecule has 0 atom stereocenters. The van der Waals surface area contributed by atoms with Crippen LogP contribution in [0.1, 0.15) is 13.8 Å². The van der Waals surface area contributed by atoms with Gasteiger partial charge in [-0.25, -0.2) is 0 Å². The second kappa shape index (κ2) is 4.98. The number of hydrogen-bond donors (Lipinski definition) is 0. The number of nitrogens with zero attached hydrogens (tertiary/aromatic N) is 1. The first kappa shape index (κ1) is 9.15. The Balaban J connectivity index is 4.18. The predicted molar refractivity (Wildman–Crippen MR) is 47.5 cm³/mol. The zero-order valence-electron chi connectivity index (χ0n) is 6.96. The van der Waals surface area contributed by atoms with Crippen LogP contribution in [-0.4, -0.2) is 13.3 Å².